The largest absolute Gasteiger partial charge is 0.484 e. The summed E-state index contributed by atoms with van der Waals surface area (Å²) in [4.78, 5) is 27.9. The highest BCUT2D eigenvalue weighted by Gasteiger charge is 2.34. The van der Waals surface area contributed by atoms with Gasteiger partial charge in [-0.2, -0.15) is 5.10 Å². The molecule has 2 aromatic carbocycles. The topological polar surface area (TPSA) is 71.4 Å². The van der Waals surface area contributed by atoms with Crippen molar-refractivity contribution in [1.82, 2.24) is 9.91 Å². The van der Waals surface area contributed by atoms with Crippen LogP contribution in [0.5, 0.6) is 5.75 Å². The summed E-state index contributed by atoms with van der Waals surface area (Å²) in [5.41, 5.74) is 2.82. The van der Waals surface area contributed by atoms with Crippen molar-refractivity contribution in [2.75, 3.05) is 32.9 Å². The fraction of sp³-hybridized carbons (Fsp3) is 0.269. The zero-order valence-electron chi connectivity index (χ0n) is 18.6. The first-order valence-electron chi connectivity index (χ1n) is 11.3. The molecule has 2 aliphatic rings. The average molecular weight is 476 g/mol. The molecular formula is C26H25N3O4S. The van der Waals surface area contributed by atoms with Crippen LogP contribution in [0, 0.1) is 0 Å². The first-order chi connectivity index (χ1) is 16.7. The highest BCUT2D eigenvalue weighted by molar-refractivity contribution is 7.12. The molecule has 174 valence electrons. The van der Waals surface area contributed by atoms with Gasteiger partial charge in [-0.25, -0.2) is 5.01 Å². The molecule has 3 aromatic rings. The van der Waals surface area contributed by atoms with Gasteiger partial charge in [-0.1, -0.05) is 36.4 Å². The van der Waals surface area contributed by atoms with E-state index in [1.807, 2.05) is 72.1 Å². The number of rotatable bonds is 6. The van der Waals surface area contributed by atoms with E-state index < -0.39 is 0 Å². The van der Waals surface area contributed by atoms with Gasteiger partial charge in [0.1, 0.15) is 5.75 Å². The van der Waals surface area contributed by atoms with Crippen LogP contribution >= 0.6 is 11.3 Å². The van der Waals surface area contributed by atoms with Crippen molar-refractivity contribution in [3.63, 3.8) is 0 Å². The predicted octanol–water partition coefficient (Wildman–Crippen LogP) is 3.98. The fourth-order valence-electron chi connectivity index (χ4n) is 4.11. The summed E-state index contributed by atoms with van der Waals surface area (Å²) < 4.78 is 11.0. The van der Waals surface area contributed by atoms with Gasteiger partial charge in [0.05, 0.1) is 29.8 Å². The van der Waals surface area contributed by atoms with Crippen LogP contribution in [0.2, 0.25) is 0 Å². The molecule has 1 unspecified atom stereocenters. The number of hydrogen-bond donors (Lipinski definition) is 0. The third kappa shape index (κ3) is 4.88. The molecule has 0 aliphatic carbocycles. The molecule has 2 amide bonds. The van der Waals surface area contributed by atoms with E-state index in [0.29, 0.717) is 43.4 Å². The van der Waals surface area contributed by atoms with Crippen LogP contribution in [-0.4, -0.2) is 60.3 Å². The summed E-state index contributed by atoms with van der Waals surface area (Å²) in [5, 5.41) is 8.23. The van der Waals surface area contributed by atoms with Crippen LogP contribution in [0.15, 0.2) is 77.2 Å². The third-order valence-electron chi connectivity index (χ3n) is 5.95. The van der Waals surface area contributed by atoms with Crippen molar-refractivity contribution in [2.24, 2.45) is 5.10 Å². The number of benzene rings is 2. The first kappa shape index (κ1) is 22.3. The Bertz CT molecular complexity index is 1160. The van der Waals surface area contributed by atoms with Crippen LogP contribution in [0.4, 0.5) is 0 Å². The second kappa shape index (κ2) is 10.2. The maximum Gasteiger partial charge on any atom is 0.284 e. The van der Waals surface area contributed by atoms with Crippen LogP contribution < -0.4 is 4.74 Å². The van der Waals surface area contributed by atoms with Crippen molar-refractivity contribution in [1.29, 1.82) is 0 Å². The van der Waals surface area contributed by atoms with E-state index in [-0.39, 0.29) is 24.5 Å². The first-order valence-corrected chi connectivity index (χ1v) is 12.2. The molecule has 0 radical (unpaired) electrons. The Morgan fingerprint density at radius 2 is 1.76 bits per heavy atom. The third-order valence-corrected chi connectivity index (χ3v) is 6.81. The van der Waals surface area contributed by atoms with E-state index in [0.717, 1.165) is 16.8 Å². The van der Waals surface area contributed by atoms with Gasteiger partial charge in [0.25, 0.3) is 11.8 Å². The smallest absolute Gasteiger partial charge is 0.284 e. The molecule has 34 heavy (non-hydrogen) atoms. The minimum Gasteiger partial charge on any atom is -0.484 e. The van der Waals surface area contributed by atoms with E-state index >= 15 is 0 Å². The molecule has 5 rings (SSSR count). The summed E-state index contributed by atoms with van der Waals surface area (Å²) in [6.45, 7) is 2.34. The second-order valence-electron chi connectivity index (χ2n) is 8.11. The number of nitrogens with zero attached hydrogens (tertiary/aromatic N) is 3. The van der Waals surface area contributed by atoms with Gasteiger partial charge in [0, 0.05) is 19.5 Å². The van der Waals surface area contributed by atoms with Gasteiger partial charge >= 0.3 is 0 Å². The standard InChI is InChI=1S/C26H25N3O4S/c30-25(28-12-14-32-15-13-28)18-33-21-10-8-19(9-11-21)22-17-23(20-5-2-1-3-6-20)29(27-22)26(31)24-7-4-16-34-24/h1-11,16,23H,12-15,17-18H2. The molecule has 1 atom stereocenters. The maximum absolute atomic E-state index is 13.2. The van der Waals surface area contributed by atoms with E-state index in [1.54, 1.807) is 9.91 Å². The van der Waals surface area contributed by atoms with Gasteiger partial charge in [-0.3, -0.25) is 9.59 Å². The van der Waals surface area contributed by atoms with Crippen LogP contribution in [0.1, 0.15) is 33.3 Å². The van der Waals surface area contributed by atoms with Crippen molar-refractivity contribution in [3.8, 4) is 5.75 Å². The molecule has 2 aliphatic heterocycles. The second-order valence-corrected chi connectivity index (χ2v) is 9.06. The summed E-state index contributed by atoms with van der Waals surface area (Å²) in [7, 11) is 0. The lowest BCUT2D eigenvalue weighted by Gasteiger charge is -2.26. The maximum atomic E-state index is 13.2. The Morgan fingerprint density at radius 3 is 2.47 bits per heavy atom. The molecule has 0 saturated carbocycles. The van der Waals surface area contributed by atoms with Gasteiger partial charge in [-0.15, -0.1) is 11.3 Å². The predicted molar refractivity (Wildman–Crippen MR) is 130 cm³/mol. The Hall–Kier alpha value is -3.49. The van der Waals surface area contributed by atoms with Crippen molar-refractivity contribution in [3.05, 3.63) is 88.1 Å². The number of morpholine rings is 1. The molecule has 0 N–H and O–H groups in total. The number of carbonyl (C=O) groups excluding carboxylic acids is 2. The Labute approximate surface area is 202 Å². The van der Waals surface area contributed by atoms with Crippen molar-refractivity contribution in [2.45, 2.75) is 12.5 Å². The Balaban J connectivity index is 1.30. The molecule has 0 bridgehead atoms. The molecule has 3 heterocycles. The molecule has 1 aromatic heterocycles. The Morgan fingerprint density at radius 1 is 1.00 bits per heavy atom. The highest BCUT2D eigenvalue weighted by atomic mass is 32.1. The number of carbonyl (C=O) groups is 2. The SMILES string of the molecule is O=C(COc1ccc(C2=NN(C(=O)c3cccs3)C(c3ccccc3)C2)cc1)N1CCOCC1. The van der Waals surface area contributed by atoms with E-state index in [4.69, 9.17) is 14.6 Å². The lowest BCUT2D eigenvalue weighted by atomic mass is 9.98. The molecule has 0 spiro atoms. The van der Waals surface area contributed by atoms with Crippen LogP contribution in [0.3, 0.4) is 0 Å². The van der Waals surface area contributed by atoms with E-state index in [9.17, 15) is 9.59 Å². The molecule has 8 heteroatoms. The summed E-state index contributed by atoms with van der Waals surface area (Å²) in [5.74, 6) is 0.483. The fourth-order valence-corrected chi connectivity index (χ4v) is 4.77. The molecular weight excluding hydrogens is 450 g/mol. The summed E-state index contributed by atoms with van der Waals surface area (Å²) in [6, 6.07) is 21.0. The van der Waals surface area contributed by atoms with Crippen LogP contribution in [-0.2, 0) is 9.53 Å². The van der Waals surface area contributed by atoms with Gasteiger partial charge in [0.2, 0.25) is 0 Å². The Kier molecular flexibility index (Phi) is 6.69. The summed E-state index contributed by atoms with van der Waals surface area (Å²) >= 11 is 1.42. The molecule has 7 nitrogen and oxygen atoms in total. The quantitative estimate of drug-likeness (QED) is 0.541. The normalized spacial score (nSPS) is 18.0. The van der Waals surface area contributed by atoms with E-state index in [2.05, 4.69) is 0 Å². The number of ether oxygens (including phenoxy) is 2. The number of thiophene rings is 1. The minimum absolute atomic E-state index is 0.000528. The zero-order chi connectivity index (χ0) is 23.3. The molecule has 1 saturated heterocycles. The lowest BCUT2D eigenvalue weighted by molar-refractivity contribution is -0.137. The number of hydrazone groups is 1. The van der Waals surface area contributed by atoms with Gasteiger partial charge in [-0.05, 0) is 46.8 Å². The number of amides is 2. The highest BCUT2D eigenvalue weighted by Crippen LogP contribution is 2.34. The average Bonchev–Trinajstić information content (AvgIpc) is 3.59. The molecule has 1 fully saturated rings. The van der Waals surface area contributed by atoms with Gasteiger partial charge in [0.15, 0.2) is 6.61 Å². The summed E-state index contributed by atoms with van der Waals surface area (Å²) in [6.07, 6.45) is 0.622. The van der Waals surface area contributed by atoms with Crippen LogP contribution in [0.25, 0.3) is 0 Å². The number of hydrogen-bond acceptors (Lipinski definition) is 6. The minimum atomic E-state index is -0.159. The van der Waals surface area contributed by atoms with Gasteiger partial charge < -0.3 is 14.4 Å². The monoisotopic (exact) mass is 475 g/mol. The van der Waals surface area contributed by atoms with Crippen molar-refractivity contribution < 1.29 is 19.1 Å². The van der Waals surface area contributed by atoms with E-state index in [1.165, 1.54) is 11.3 Å². The van der Waals surface area contributed by atoms with Crippen molar-refractivity contribution >= 4 is 28.9 Å². The lowest BCUT2D eigenvalue weighted by Crippen LogP contribution is -2.42. The zero-order valence-corrected chi connectivity index (χ0v) is 19.4.